The first-order chi connectivity index (χ1) is 9.34. The van der Waals surface area contributed by atoms with E-state index in [1.807, 2.05) is 17.9 Å². The highest BCUT2D eigenvalue weighted by Crippen LogP contribution is 2.23. The smallest absolute Gasteiger partial charge is 0.0646 e. The maximum atomic E-state index is 4.30. The molecule has 19 heavy (non-hydrogen) atoms. The second-order valence-electron chi connectivity index (χ2n) is 5.06. The highest BCUT2D eigenvalue weighted by molar-refractivity contribution is 5.16. The largest absolute Gasteiger partial charge is 0.313 e. The fraction of sp³-hybridized carbons (Fsp3) is 0.400. The van der Waals surface area contributed by atoms with Gasteiger partial charge >= 0.3 is 0 Å². The second kappa shape index (κ2) is 5.55. The molecule has 2 aromatic rings. The van der Waals surface area contributed by atoms with Gasteiger partial charge in [-0.2, -0.15) is 5.10 Å². The Labute approximate surface area is 114 Å². The van der Waals surface area contributed by atoms with Gasteiger partial charge in [-0.15, -0.1) is 0 Å². The van der Waals surface area contributed by atoms with Crippen molar-refractivity contribution >= 4 is 0 Å². The van der Waals surface area contributed by atoms with Gasteiger partial charge in [0.25, 0.3) is 0 Å². The lowest BCUT2D eigenvalue weighted by Gasteiger charge is -2.36. The highest BCUT2D eigenvalue weighted by Gasteiger charge is 2.25. The van der Waals surface area contributed by atoms with Crippen LogP contribution in [0.5, 0.6) is 0 Å². The van der Waals surface area contributed by atoms with Crippen molar-refractivity contribution < 1.29 is 0 Å². The van der Waals surface area contributed by atoms with E-state index in [0.29, 0.717) is 6.04 Å². The maximum Gasteiger partial charge on any atom is 0.0646 e. The van der Waals surface area contributed by atoms with Crippen LogP contribution in [0.1, 0.15) is 17.3 Å². The Hall–Kier alpha value is -1.65. The zero-order chi connectivity index (χ0) is 13.1. The van der Waals surface area contributed by atoms with Gasteiger partial charge in [0.05, 0.1) is 11.7 Å². The third-order valence-electron chi connectivity index (χ3n) is 3.78. The number of aromatic nitrogens is 2. The van der Waals surface area contributed by atoms with Crippen LogP contribution in [0.15, 0.2) is 42.6 Å². The number of nitrogens with zero attached hydrogens (tertiary/aromatic N) is 3. The highest BCUT2D eigenvalue weighted by atomic mass is 15.3. The number of nitrogens with one attached hydrogen (secondary N) is 1. The van der Waals surface area contributed by atoms with Crippen molar-refractivity contribution in [3.8, 4) is 0 Å². The van der Waals surface area contributed by atoms with E-state index in [-0.39, 0.29) is 0 Å². The quantitative estimate of drug-likeness (QED) is 0.905. The van der Waals surface area contributed by atoms with E-state index in [2.05, 4.69) is 51.7 Å². The van der Waals surface area contributed by atoms with Gasteiger partial charge in [0.15, 0.2) is 0 Å². The first-order valence-corrected chi connectivity index (χ1v) is 6.81. The summed E-state index contributed by atoms with van der Waals surface area (Å²) in [5.41, 5.74) is 2.65. The normalized spacial score (nSPS) is 20.6. The average Bonchev–Trinajstić information content (AvgIpc) is 2.87. The van der Waals surface area contributed by atoms with Crippen LogP contribution >= 0.6 is 0 Å². The molecule has 1 aromatic carbocycles. The van der Waals surface area contributed by atoms with Crippen LogP contribution < -0.4 is 5.32 Å². The number of rotatable bonds is 3. The van der Waals surface area contributed by atoms with Crippen LogP contribution in [-0.4, -0.2) is 34.3 Å². The van der Waals surface area contributed by atoms with E-state index in [0.717, 1.165) is 26.2 Å². The summed E-state index contributed by atoms with van der Waals surface area (Å²) in [5.74, 6) is 0. The molecule has 1 aliphatic rings. The van der Waals surface area contributed by atoms with Gasteiger partial charge in [0.1, 0.15) is 0 Å². The molecule has 0 spiro atoms. The molecule has 2 heterocycles. The summed E-state index contributed by atoms with van der Waals surface area (Å²) in [6, 6.07) is 13.2. The molecule has 0 amide bonds. The summed E-state index contributed by atoms with van der Waals surface area (Å²) in [6.45, 7) is 4.12. The molecule has 0 radical (unpaired) electrons. The summed E-state index contributed by atoms with van der Waals surface area (Å²) in [5, 5.41) is 7.78. The number of aryl methyl sites for hydroxylation is 1. The van der Waals surface area contributed by atoms with E-state index < -0.39 is 0 Å². The van der Waals surface area contributed by atoms with Crippen LogP contribution in [-0.2, 0) is 13.6 Å². The van der Waals surface area contributed by atoms with Crippen molar-refractivity contribution in [3.63, 3.8) is 0 Å². The van der Waals surface area contributed by atoms with Gasteiger partial charge in [-0.3, -0.25) is 9.58 Å². The Kier molecular flexibility index (Phi) is 3.62. The van der Waals surface area contributed by atoms with Gasteiger partial charge in [0, 0.05) is 39.4 Å². The number of hydrogen-bond acceptors (Lipinski definition) is 3. The Balaban J connectivity index is 1.80. The van der Waals surface area contributed by atoms with Crippen LogP contribution in [0.4, 0.5) is 0 Å². The molecule has 1 unspecified atom stereocenters. The molecular formula is C15H20N4. The van der Waals surface area contributed by atoms with Crippen molar-refractivity contribution in [2.24, 2.45) is 7.05 Å². The molecular weight excluding hydrogens is 236 g/mol. The number of benzene rings is 1. The molecule has 1 aliphatic heterocycles. The molecule has 0 saturated carbocycles. The fourth-order valence-electron chi connectivity index (χ4n) is 2.76. The molecule has 1 atom stereocenters. The molecule has 1 saturated heterocycles. The molecule has 0 aliphatic carbocycles. The van der Waals surface area contributed by atoms with Gasteiger partial charge in [-0.1, -0.05) is 30.3 Å². The maximum absolute atomic E-state index is 4.30. The predicted molar refractivity (Wildman–Crippen MR) is 75.7 cm³/mol. The average molecular weight is 256 g/mol. The third kappa shape index (κ3) is 2.69. The Morgan fingerprint density at radius 1 is 1.26 bits per heavy atom. The summed E-state index contributed by atoms with van der Waals surface area (Å²) >= 11 is 0. The molecule has 1 fully saturated rings. The molecule has 0 bridgehead atoms. The lowest BCUT2D eigenvalue weighted by Crippen LogP contribution is -2.46. The van der Waals surface area contributed by atoms with Crippen LogP contribution in [0, 0.1) is 0 Å². The first kappa shape index (κ1) is 12.4. The van der Waals surface area contributed by atoms with Crippen LogP contribution in [0.25, 0.3) is 0 Å². The SMILES string of the molecule is Cn1nccc1C1CNCCN1Cc1ccccc1. The Morgan fingerprint density at radius 3 is 2.84 bits per heavy atom. The molecule has 100 valence electrons. The van der Waals surface area contributed by atoms with Gasteiger partial charge < -0.3 is 5.32 Å². The van der Waals surface area contributed by atoms with Crippen molar-refractivity contribution in [1.82, 2.24) is 20.0 Å². The summed E-state index contributed by atoms with van der Waals surface area (Å²) in [6.07, 6.45) is 1.88. The fourth-order valence-corrected chi connectivity index (χ4v) is 2.76. The van der Waals surface area contributed by atoms with E-state index in [9.17, 15) is 0 Å². The lowest BCUT2D eigenvalue weighted by molar-refractivity contribution is 0.147. The minimum Gasteiger partial charge on any atom is -0.313 e. The lowest BCUT2D eigenvalue weighted by atomic mass is 10.1. The zero-order valence-corrected chi connectivity index (χ0v) is 11.3. The molecule has 1 aromatic heterocycles. The predicted octanol–water partition coefficient (Wildman–Crippen LogP) is 1.57. The minimum absolute atomic E-state index is 0.404. The molecule has 4 nitrogen and oxygen atoms in total. The van der Waals surface area contributed by atoms with Crippen LogP contribution in [0.3, 0.4) is 0 Å². The minimum atomic E-state index is 0.404. The Bertz CT molecular complexity index is 520. The summed E-state index contributed by atoms with van der Waals surface area (Å²) < 4.78 is 1.98. The first-order valence-electron chi connectivity index (χ1n) is 6.81. The summed E-state index contributed by atoms with van der Waals surface area (Å²) in [4.78, 5) is 2.53. The molecule has 1 N–H and O–H groups in total. The van der Waals surface area contributed by atoms with Crippen molar-refractivity contribution in [1.29, 1.82) is 0 Å². The van der Waals surface area contributed by atoms with E-state index >= 15 is 0 Å². The Morgan fingerprint density at radius 2 is 2.11 bits per heavy atom. The second-order valence-corrected chi connectivity index (χ2v) is 5.06. The van der Waals surface area contributed by atoms with E-state index in [1.165, 1.54) is 11.3 Å². The van der Waals surface area contributed by atoms with Gasteiger partial charge in [0.2, 0.25) is 0 Å². The third-order valence-corrected chi connectivity index (χ3v) is 3.78. The van der Waals surface area contributed by atoms with Crippen molar-refractivity contribution in [3.05, 3.63) is 53.9 Å². The monoisotopic (exact) mass is 256 g/mol. The standard InChI is InChI=1S/C15H20N4/c1-18-14(7-8-17-18)15-11-16-9-10-19(15)12-13-5-3-2-4-6-13/h2-8,15-16H,9-12H2,1H3. The van der Waals surface area contributed by atoms with Crippen molar-refractivity contribution in [2.75, 3.05) is 19.6 Å². The number of piperazine rings is 1. The van der Waals surface area contributed by atoms with Gasteiger partial charge in [-0.25, -0.2) is 0 Å². The molecule has 4 heteroatoms. The zero-order valence-electron chi connectivity index (χ0n) is 11.3. The van der Waals surface area contributed by atoms with E-state index in [1.54, 1.807) is 0 Å². The van der Waals surface area contributed by atoms with Crippen LogP contribution in [0.2, 0.25) is 0 Å². The number of hydrogen-bond donors (Lipinski definition) is 1. The van der Waals surface area contributed by atoms with Crippen molar-refractivity contribution in [2.45, 2.75) is 12.6 Å². The summed E-state index contributed by atoms with van der Waals surface area (Å²) in [7, 11) is 2.02. The van der Waals surface area contributed by atoms with Gasteiger partial charge in [-0.05, 0) is 11.6 Å². The molecule has 3 rings (SSSR count). The van der Waals surface area contributed by atoms with E-state index in [4.69, 9.17) is 0 Å². The topological polar surface area (TPSA) is 33.1 Å².